The van der Waals surface area contributed by atoms with Crippen molar-refractivity contribution in [1.29, 1.82) is 0 Å². The third-order valence-electron chi connectivity index (χ3n) is 5.80. The maximum atomic E-state index is 13.1. The number of para-hydroxylation sites is 1. The number of carbonyl (C=O) groups excluding carboxylic acids is 2. The van der Waals surface area contributed by atoms with Gasteiger partial charge in [-0.25, -0.2) is 0 Å². The summed E-state index contributed by atoms with van der Waals surface area (Å²) in [4.78, 5) is 24.3. The van der Waals surface area contributed by atoms with E-state index in [9.17, 15) is 19.8 Å². The summed E-state index contributed by atoms with van der Waals surface area (Å²) >= 11 is 6.65. The van der Waals surface area contributed by atoms with Crippen molar-refractivity contribution in [2.75, 3.05) is 18.5 Å². The third kappa shape index (κ3) is 3.76. The van der Waals surface area contributed by atoms with Gasteiger partial charge in [-0.2, -0.15) is 0 Å². The van der Waals surface area contributed by atoms with Gasteiger partial charge in [0.1, 0.15) is 0 Å². The lowest BCUT2D eigenvalue weighted by Crippen LogP contribution is -2.54. The fourth-order valence-corrected chi connectivity index (χ4v) is 4.44. The molecule has 7 nitrogen and oxygen atoms in total. The Balaban J connectivity index is 1.52. The highest BCUT2D eigenvalue weighted by Gasteiger charge is 2.44. The van der Waals surface area contributed by atoms with Gasteiger partial charge in [0.2, 0.25) is 5.91 Å². The molecule has 0 aromatic heterocycles. The number of aliphatic hydroxyl groups excluding tert-OH is 2. The topological polar surface area (TPSA) is 111 Å². The van der Waals surface area contributed by atoms with Crippen molar-refractivity contribution in [2.45, 2.75) is 29.9 Å². The first kappa shape index (κ1) is 20.7. The van der Waals surface area contributed by atoms with Gasteiger partial charge in [0.05, 0.1) is 31.2 Å². The Kier molecular flexibility index (Phi) is 5.69. The number of anilines is 1. The summed E-state index contributed by atoms with van der Waals surface area (Å²) in [5.41, 5.74) is 3.72. The molecule has 0 saturated heterocycles. The van der Waals surface area contributed by atoms with Crippen LogP contribution < -0.4 is 16.0 Å². The predicted octanol–water partition coefficient (Wildman–Crippen LogP) is 1.09. The molecule has 2 aromatic rings. The average Bonchev–Trinajstić information content (AvgIpc) is 3.26. The number of hydrogen-bond acceptors (Lipinski definition) is 5. The molecule has 158 valence electrons. The smallest absolute Gasteiger partial charge is 0.261 e. The van der Waals surface area contributed by atoms with Crippen molar-refractivity contribution in [3.05, 3.63) is 65.2 Å². The van der Waals surface area contributed by atoms with Crippen LogP contribution in [0.4, 0.5) is 5.69 Å². The minimum absolute atomic E-state index is 0.352. The van der Waals surface area contributed by atoms with Crippen molar-refractivity contribution < 1.29 is 19.8 Å². The van der Waals surface area contributed by atoms with Crippen molar-refractivity contribution in [3.63, 3.8) is 0 Å². The normalized spacial score (nSPS) is 24.1. The molecule has 0 saturated carbocycles. The molecule has 3 atom stereocenters. The summed E-state index contributed by atoms with van der Waals surface area (Å²) < 4.78 is 0. The minimum Gasteiger partial charge on any atom is -0.395 e. The number of amides is 2. The summed E-state index contributed by atoms with van der Waals surface area (Å²) in [6, 6.07) is 14.3. The van der Waals surface area contributed by atoms with Gasteiger partial charge in [-0.15, -0.1) is 0 Å². The Hall–Kier alpha value is -2.61. The lowest BCUT2D eigenvalue weighted by Gasteiger charge is -2.28. The number of fused-ring (bicyclic) bond motifs is 2. The fourth-order valence-electron chi connectivity index (χ4n) is 4.14. The van der Waals surface area contributed by atoms with E-state index in [0.717, 1.165) is 22.4 Å². The molecule has 5 N–H and O–H groups in total. The molecule has 1 aliphatic carbocycles. The van der Waals surface area contributed by atoms with Crippen LogP contribution in [0.2, 0.25) is 0 Å². The Morgan fingerprint density at radius 1 is 1.07 bits per heavy atom. The van der Waals surface area contributed by atoms with Crippen LogP contribution in [-0.2, 0) is 22.4 Å². The molecule has 0 spiro atoms. The number of rotatable bonds is 6. The van der Waals surface area contributed by atoms with Gasteiger partial charge in [0.25, 0.3) is 5.91 Å². The summed E-state index contributed by atoms with van der Waals surface area (Å²) in [7, 11) is 0. The Labute approximate surface area is 179 Å². The van der Waals surface area contributed by atoms with Crippen LogP contribution in [0.1, 0.15) is 22.7 Å². The zero-order valence-corrected chi connectivity index (χ0v) is 17.0. The highest BCUT2D eigenvalue weighted by Crippen LogP contribution is 2.37. The Morgan fingerprint density at radius 2 is 1.73 bits per heavy atom. The first-order chi connectivity index (χ1) is 14.4. The molecule has 4 rings (SSSR count). The lowest BCUT2D eigenvalue weighted by molar-refractivity contribution is -0.129. The molecule has 8 heteroatoms. The van der Waals surface area contributed by atoms with Gasteiger partial charge in [-0.3, -0.25) is 9.59 Å². The number of hydrogen-bond donors (Lipinski definition) is 5. The standard InChI is InChI=1S/C22H24ClN3O4/c23-22(10-14-6-2-4-8-17(14)26-22)21(30)24-18-9-13-5-1-3-7-16(13)19(18)25-20(29)15(11-27)12-28/h1-8,15,18-19,26-28H,9-12H2,(H,24,30)(H,25,29)/t18-,19+,22?/m1/s1. The zero-order chi connectivity index (χ0) is 21.3. The van der Waals surface area contributed by atoms with E-state index in [-0.39, 0.29) is 5.91 Å². The van der Waals surface area contributed by atoms with Gasteiger partial charge in [-0.05, 0) is 29.2 Å². The van der Waals surface area contributed by atoms with Gasteiger partial charge in [0, 0.05) is 12.1 Å². The molecule has 0 radical (unpaired) electrons. The molecule has 2 amide bonds. The van der Waals surface area contributed by atoms with Crippen molar-refractivity contribution in [2.24, 2.45) is 5.92 Å². The second kappa shape index (κ2) is 8.26. The summed E-state index contributed by atoms with van der Waals surface area (Å²) in [6.07, 6.45) is 0.889. The second-order valence-electron chi connectivity index (χ2n) is 7.79. The van der Waals surface area contributed by atoms with Crippen LogP contribution in [0.15, 0.2) is 48.5 Å². The van der Waals surface area contributed by atoms with E-state index >= 15 is 0 Å². The van der Waals surface area contributed by atoms with Crippen LogP contribution in [0.3, 0.4) is 0 Å². The third-order valence-corrected chi connectivity index (χ3v) is 6.20. The lowest BCUT2D eigenvalue weighted by atomic mass is 10.0. The molecule has 0 bridgehead atoms. The van der Waals surface area contributed by atoms with E-state index < -0.39 is 42.1 Å². The van der Waals surface area contributed by atoms with E-state index in [1.807, 2.05) is 48.5 Å². The molecular formula is C22H24ClN3O4. The van der Waals surface area contributed by atoms with E-state index in [0.29, 0.717) is 12.8 Å². The van der Waals surface area contributed by atoms with Gasteiger partial charge < -0.3 is 26.2 Å². The van der Waals surface area contributed by atoms with E-state index in [1.165, 1.54) is 0 Å². The molecule has 1 unspecified atom stereocenters. The van der Waals surface area contributed by atoms with Crippen molar-refractivity contribution >= 4 is 29.1 Å². The number of alkyl halides is 1. The number of aliphatic hydroxyl groups is 2. The maximum Gasteiger partial charge on any atom is 0.261 e. The molecule has 1 heterocycles. The largest absolute Gasteiger partial charge is 0.395 e. The van der Waals surface area contributed by atoms with Crippen LogP contribution in [0.5, 0.6) is 0 Å². The fraction of sp³-hybridized carbons (Fsp3) is 0.364. The van der Waals surface area contributed by atoms with Crippen LogP contribution in [-0.4, -0.2) is 46.3 Å². The average molecular weight is 430 g/mol. The number of benzene rings is 2. The van der Waals surface area contributed by atoms with Crippen molar-refractivity contribution in [1.82, 2.24) is 10.6 Å². The van der Waals surface area contributed by atoms with Crippen LogP contribution in [0.25, 0.3) is 0 Å². The molecule has 2 aromatic carbocycles. The Morgan fingerprint density at radius 3 is 2.43 bits per heavy atom. The number of carbonyl (C=O) groups is 2. The van der Waals surface area contributed by atoms with E-state index in [1.54, 1.807) is 0 Å². The first-order valence-corrected chi connectivity index (χ1v) is 10.3. The van der Waals surface area contributed by atoms with E-state index in [2.05, 4.69) is 16.0 Å². The maximum absolute atomic E-state index is 13.1. The molecule has 1 aliphatic heterocycles. The second-order valence-corrected chi connectivity index (χ2v) is 8.44. The quantitative estimate of drug-likeness (QED) is 0.349. The van der Waals surface area contributed by atoms with Gasteiger partial charge in [0.15, 0.2) is 5.00 Å². The SMILES string of the molecule is O=C(N[C@H]1c2ccccc2C[C@H]1NC(=O)C1(Cl)Cc2ccccc2N1)C(CO)CO. The Bertz CT molecular complexity index is 938. The molecule has 2 aliphatic rings. The van der Waals surface area contributed by atoms with E-state index in [4.69, 9.17) is 11.6 Å². The summed E-state index contributed by atoms with van der Waals surface area (Å²) in [5.74, 6) is -1.74. The van der Waals surface area contributed by atoms with Gasteiger partial charge >= 0.3 is 0 Å². The predicted molar refractivity (Wildman–Crippen MR) is 113 cm³/mol. The van der Waals surface area contributed by atoms with Crippen molar-refractivity contribution in [3.8, 4) is 0 Å². The molecular weight excluding hydrogens is 406 g/mol. The van der Waals surface area contributed by atoms with Crippen LogP contribution in [0, 0.1) is 5.92 Å². The molecule has 0 fully saturated rings. The highest BCUT2D eigenvalue weighted by atomic mass is 35.5. The highest BCUT2D eigenvalue weighted by molar-refractivity contribution is 6.37. The van der Waals surface area contributed by atoms with Crippen LogP contribution >= 0.6 is 11.6 Å². The zero-order valence-electron chi connectivity index (χ0n) is 16.3. The monoisotopic (exact) mass is 429 g/mol. The first-order valence-electron chi connectivity index (χ1n) is 9.91. The van der Waals surface area contributed by atoms with Gasteiger partial charge in [-0.1, -0.05) is 54.1 Å². The summed E-state index contributed by atoms with van der Waals surface area (Å²) in [6.45, 7) is -0.915. The number of halogens is 1. The summed E-state index contributed by atoms with van der Waals surface area (Å²) in [5, 5.41) is 27.6. The number of nitrogens with one attached hydrogen (secondary N) is 3. The minimum atomic E-state index is -1.30. The molecule has 30 heavy (non-hydrogen) atoms.